The summed E-state index contributed by atoms with van der Waals surface area (Å²) < 4.78 is 28.0. The smallest absolute Gasteiger partial charge is 0.387 e. The predicted octanol–water partition coefficient (Wildman–Crippen LogP) is 2.43. The third-order valence-corrected chi connectivity index (χ3v) is 2.48. The zero-order valence-corrected chi connectivity index (χ0v) is 9.72. The number of aliphatic hydroxyl groups excluding tert-OH is 1. The van der Waals surface area contributed by atoms with Crippen LogP contribution < -0.4 is 4.74 Å². The summed E-state index contributed by atoms with van der Waals surface area (Å²) in [6.45, 7) is -1.30. The lowest BCUT2D eigenvalue weighted by Crippen LogP contribution is -2.13. The first kappa shape index (κ1) is 14.4. The van der Waals surface area contributed by atoms with Gasteiger partial charge in [0.05, 0.1) is 12.5 Å². The first-order valence-corrected chi connectivity index (χ1v) is 5.34. The standard InChI is InChI=1S/C12H14F2O4/c1-7(6-10(15)16)11(17)8-2-4-9(5-3-8)18-12(13)14/h2-5,7,11-12,17H,6H2,1H3,(H,15,16). The highest BCUT2D eigenvalue weighted by Gasteiger charge is 2.19. The molecular formula is C12H14F2O4. The molecule has 2 unspecified atom stereocenters. The molecule has 0 bridgehead atoms. The van der Waals surface area contributed by atoms with Crippen LogP contribution in [0.25, 0.3) is 0 Å². The number of aliphatic carboxylic acids is 1. The van der Waals surface area contributed by atoms with E-state index in [1.165, 1.54) is 24.3 Å². The molecule has 18 heavy (non-hydrogen) atoms. The van der Waals surface area contributed by atoms with Gasteiger partial charge in [-0.05, 0) is 23.6 Å². The Balaban J connectivity index is 2.69. The molecule has 1 aromatic carbocycles. The molecule has 0 saturated carbocycles. The maximum atomic E-state index is 11.9. The fourth-order valence-electron chi connectivity index (χ4n) is 1.56. The molecule has 0 aliphatic rings. The van der Waals surface area contributed by atoms with Crippen LogP contribution in [0.4, 0.5) is 8.78 Å². The Kier molecular flexibility index (Phi) is 5.03. The molecule has 0 amide bonds. The van der Waals surface area contributed by atoms with Crippen LogP contribution >= 0.6 is 0 Å². The largest absolute Gasteiger partial charge is 0.481 e. The minimum atomic E-state index is -2.90. The molecule has 6 heteroatoms. The molecule has 0 radical (unpaired) electrons. The Labute approximate surface area is 103 Å². The topological polar surface area (TPSA) is 66.8 Å². The molecule has 0 aliphatic carbocycles. The van der Waals surface area contributed by atoms with Crippen molar-refractivity contribution in [2.24, 2.45) is 5.92 Å². The summed E-state index contributed by atoms with van der Waals surface area (Å²) in [6, 6.07) is 5.47. The Morgan fingerprint density at radius 3 is 2.33 bits per heavy atom. The summed E-state index contributed by atoms with van der Waals surface area (Å²) in [5.41, 5.74) is 0.463. The predicted molar refractivity (Wildman–Crippen MR) is 59.5 cm³/mol. The lowest BCUT2D eigenvalue weighted by Gasteiger charge is -2.17. The zero-order chi connectivity index (χ0) is 13.7. The van der Waals surface area contributed by atoms with Crippen molar-refractivity contribution in [2.75, 3.05) is 0 Å². The number of hydrogen-bond donors (Lipinski definition) is 2. The number of alkyl halides is 2. The van der Waals surface area contributed by atoms with Crippen molar-refractivity contribution in [3.63, 3.8) is 0 Å². The molecule has 1 aromatic rings. The minimum absolute atomic E-state index is 0.00756. The van der Waals surface area contributed by atoms with Gasteiger partial charge in [-0.2, -0.15) is 8.78 Å². The van der Waals surface area contributed by atoms with Crippen LogP contribution in [0.3, 0.4) is 0 Å². The van der Waals surface area contributed by atoms with E-state index in [-0.39, 0.29) is 12.2 Å². The van der Waals surface area contributed by atoms with Crippen molar-refractivity contribution in [3.05, 3.63) is 29.8 Å². The van der Waals surface area contributed by atoms with Crippen LogP contribution in [-0.2, 0) is 4.79 Å². The lowest BCUT2D eigenvalue weighted by atomic mass is 9.95. The van der Waals surface area contributed by atoms with Crippen molar-refractivity contribution in [1.29, 1.82) is 0 Å². The molecule has 0 aliphatic heterocycles. The molecule has 0 saturated heterocycles. The van der Waals surface area contributed by atoms with Crippen molar-refractivity contribution < 1.29 is 28.5 Å². The Morgan fingerprint density at radius 2 is 1.89 bits per heavy atom. The maximum absolute atomic E-state index is 11.9. The molecule has 0 fully saturated rings. The maximum Gasteiger partial charge on any atom is 0.387 e. The van der Waals surface area contributed by atoms with E-state index in [1.54, 1.807) is 6.92 Å². The average Bonchev–Trinajstić information content (AvgIpc) is 2.27. The van der Waals surface area contributed by atoms with Crippen LogP contribution in [0.2, 0.25) is 0 Å². The van der Waals surface area contributed by atoms with Gasteiger partial charge in [-0.25, -0.2) is 0 Å². The summed E-state index contributed by atoms with van der Waals surface area (Å²) in [6.07, 6.45) is -1.13. The van der Waals surface area contributed by atoms with E-state index in [0.717, 1.165) is 0 Å². The number of carboxylic acids is 1. The van der Waals surface area contributed by atoms with E-state index in [4.69, 9.17) is 5.11 Å². The Morgan fingerprint density at radius 1 is 1.33 bits per heavy atom. The second-order valence-electron chi connectivity index (χ2n) is 3.97. The summed E-state index contributed by atoms with van der Waals surface area (Å²) in [5, 5.41) is 18.5. The second-order valence-corrected chi connectivity index (χ2v) is 3.97. The molecule has 100 valence electrons. The first-order valence-electron chi connectivity index (χ1n) is 5.34. The molecule has 0 heterocycles. The van der Waals surface area contributed by atoms with Gasteiger partial charge in [0, 0.05) is 0 Å². The highest BCUT2D eigenvalue weighted by molar-refractivity contribution is 5.67. The van der Waals surface area contributed by atoms with Gasteiger partial charge in [0.1, 0.15) is 5.75 Å². The van der Waals surface area contributed by atoms with Crippen LogP contribution in [0.5, 0.6) is 5.75 Å². The van der Waals surface area contributed by atoms with Crippen molar-refractivity contribution >= 4 is 5.97 Å². The summed E-state index contributed by atoms with van der Waals surface area (Å²) in [5.74, 6) is -1.48. The highest BCUT2D eigenvalue weighted by atomic mass is 19.3. The molecular weight excluding hydrogens is 246 g/mol. The third kappa shape index (κ3) is 4.29. The van der Waals surface area contributed by atoms with E-state index in [0.29, 0.717) is 5.56 Å². The van der Waals surface area contributed by atoms with Crippen LogP contribution in [0.15, 0.2) is 24.3 Å². The number of ether oxygens (including phenoxy) is 1. The molecule has 2 atom stereocenters. The van der Waals surface area contributed by atoms with Crippen molar-refractivity contribution in [3.8, 4) is 5.75 Å². The number of benzene rings is 1. The van der Waals surface area contributed by atoms with Gasteiger partial charge in [0.25, 0.3) is 0 Å². The number of hydrogen-bond acceptors (Lipinski definition) is 3. The van der Waals surface area contributed by atoms with E-state index >= 15 is 0 Å². The van der Waals surface area contributed by atoms with Gasteiger partial charge in [0.15, 0.2) is 0 Å². The van der Waals surface area contributed by atoms with Gasteiger partial charge in [-0.15, -0.1) is 0 Å². The number of rotatable bonds is 6. The number of carbonyl (C=O) groups is 1. The summed E-state index contributed by atoms with van der Waals surface area (Å²) in [4.78, 5) is 10.5. The fourth-order valence-corrected chi connectivity index (χ4v) is 1.56. The number of aliphatic hydroxyl groups is 1. The fraction of sp³-hybridized carbons (Fsp3) is 0.417. The number of carboxylic acid groups (broad SMARTS) is 1. The average molecular weight is 260 g/mol. The van der Waals surface area contributed by atoms with E-state index in [9.17, 15) is 18.7 Å². The highest BCUT2D eigenvalue weighted by Crippen LogP contribution is 2.26. The lowest BCUT2D eigenvalue weighted by molar-refractivity contribution is -0.139. The molecule has 1 rings (SSSR count). The van der Waals surface area contributed by atoms with Gasteiger partial charge < -0.3 is 14.9 Å². The second kappa shape index (κ2) is 6.30. The monoisotopic (exact) mass is 260 g/mol. The van der Waals surface area contributed by atoms with Gasteiger partial charge in [0.2, 0.25) is 0 Å². The molecule has 2 N–H and O–H groups in total. The first-order chi connectivity index (χ1) is 8.40. The summed E-state index contributed by atoms with van der Waals surface area (Å²) >= 11 is 0. The van der Waals surface area contributed by atoms with Gasteiger partial charge in [-0.1, -0.05) is 19.1 Å². The number of halogens is 2. The van der Waals surface area contributed by atoms with Crippen molar-refractivity contribution in [2.45, 2.75) is 26.1 Å². The SMILES string of the molecule is CC(CC(=O)O)C(O)c1ccc(OC(F)F)cc1. The zero-order valence-electron chi connectivity index (χ0n) is 9.72. The summed E-state index contributed by atoms with van der Waals surface area (Å²) in [7, 11) is 0. The normalized spacial score (nSPS) is 14.3. The van der Waals surface area contributed by atoms with E-state index < -0.39 is 24.6 Å². The minimum Gasteiger partial charge on any atom is -0.481 e. The Bertz CT molecular complexity index is 392. The third-order valence-electron chi connectivity index (χ3n) is 2.48. The molecule has 0 aromatic heterocycles. The molecule has 0 spiro atoms. The van der Waals surface area contributed by atoms with Gasteiger partial charge in [-0.3, -0.25) is 4.79 Å². The van der Waals surface area contributed by atoms with Crippen LogP contribution in [0.1, 0.15) is 25.0 Å². The quantitative estimate of drug-likeness (QED) is 0.824. The van der Waals surface area contributed by atoms with Crippen LogP contribution in [-0.4, -0.2) is 22.8 Å². The van der Waals surface area contributed by atoms with Crippen molar-refractivity contribution in [1.82, 2.24) is 0 Å². The Hall–Kier alpha value is -1.69. The molecule has 4 nitrogen and oxygen atoms in total. The van der Waals surface area contributed by atoms with E-state index in [2.05, 4.69) is 4.74 Å². The van der Waals surface area contributed by atoms with Gasteiger partial charge >= 0.3 is 12.6 Å². The van der Waals surface area contributed by atoms with Crippen LogP contribution in [0, 0.1) is 5.92 Å². The van der Waals surface area contributed by atoms with E-state index in [1.807, 2.05) is 0 Å².